The summed E-state index contributed by atoms with van der Waals surface area (Å²) in [6.07, 6.45) is 5.08. The zero-order valence-electron chi connectivity index (χ0n) is 7.32. The van der Waals surface area contributed by atoms with Crippen molar-refractivity contribution in [1.82, 2.24) is 14.9 Å². The Morgan fingerprint density at radius 2 is 2.50 bits per heavy atom. The standard InChI is InChI=1S/C8H13N3O/c1-3-10-8(12)7(2)11-5-4-9-6-11/h4-7H,3H2,1-2H3,(H,10,12). The molecule has 1 aromatic rings. The molecule has 4 heteroatoms. The first-order valence-corrected chi connectivity index (χ1v) is 4.01. The Kier molecular flexibility index (Phi) is 2.85. The maximum Gasteiger partial charge on any atom is 0.242 e. The Hall–Kier alpha value is -1.32. The Morgan fingerprint density at radius 1 is 1.75 bits per heavy atom. The minimum atomic E-state index is -0.174. The fraction of sp³-hybridized carbons (Fsp3) is 0.500. The van der Waals surface area contributed by atoms with Crippen molar-refractivity contribution in [3.63, 3.8) is 0 Å². The molecule has 12 heavy (non-hydrogen) atoms. The van der Waals surface area contributed by atoms with Gasteiger partial charge < -0.3 is 9.88 Å². The second-order valence-electron chi connectivity index (χ2n) is 2.58. The summed E-state index contributed by atoms with van der Waals surface area (Å²) in [5, 5.41) is 2.75. The van der Waals surface area contributed by atoms with Gasteiger partial charge in [0.1, 0.15) is 6.04 Å². The molecule has 1 rings (SSSR count). The first kappa shape index (κ1) is 8.77. The Bertz CT molecular complexity index is 243. The van der Waals surface area contributed by atoms with Crippen molar-refractivity contribution >= 4 is 5.91 Å². The molecule has 1 atom stereocenters. The second-order valence-corrected chi connectivity index (χ2v) is 2.58. The summed E-state index contributed by atoms with van der Waals surface area (Å²) in [5.41, 5.74) is 0. The second kappa shape index (κ2) is 3.90. The van der Waals surface area contributed by atoms with E-state index in [4.69, 9.17) is 0 Å². The van der Waals surface area contributed by atoms with Crippen LogP contribution >= 0.6 is 0 Å². The quantitative estimate of drug-likeness (QED) is 0.715. The van der Waals surface area contributed by atoms with Crippen molar-refractivity contribution in [3.05, 3.63) is 18.7 Å². The molecule has 0 aliphatic carbocycles. The summed E-state index contributed by atoms with van der Waals surface area (Å²) >= 11 is 0. The summed E-state index contributed by atoms with van der Waals surface area (Å²) in [4.78, 5) is 15.2. The van der Waals surface area contributed by atoms with Gasteiger partial charge in [0.05, 0.1) is 6.33 Å². The summed E-state index contributed by atoms with van der Waals surface area (Å²) in [6.45, 7) is 4.41. The van der Waals surface area contributed by atoms with Crippen LogP contribution in [0.15, 0.2) is 18.7 Å². The molecule has 0 aliphatic heterocycles. The maximum atomic E-state index is 11.3. The number of nitrogens with one attached hydrogen (secondary N) is 1. The predicted octanol–water partition coefficient (Wildman–Crippen LogP) is 0.580. The van der Waals surface area contributed by atoms with Gasteiger partial charge in [-0.2, -0.15) is 0 Å². The van der Waals surface area contributed by atoms with Crippen LogP contribution in [0.5, 0.6) is 0 Å². The number of carbonyl (C=O) groups excluding carboxylic acids is 1. The van der Waals surface area contributed by atoms with E-state index in [-0.39, 0.29) is 11.9 Å². The monoisotopic (exact) mass is 167 g/mol. The van der Waals surface area contributed by atoms with E-state index in [0.29, 0.717) is 6.54 Å². The van der Waals surface area contributed by atoms with Crippen molar-refractivity contribution in [2.24, 2.45) is 0 Å². The van der Waals surface area contributed by atoms with Gasteiger partial charge in [-0.15, -0.1) is 0 Å². The van der Waals surface area contributed by atoms with Gasteiger partial charge in [-0.25, -0.2) is 4.98 Å². The van der Waals surface area contributed by atoms with Crippen LogP contribution in [0.25, 0.3) is 0 Å². The van der Waals surface area contributed by atoms with Crippen molar-refractivity contribution in [3.8, 4) is 0 Å². The highest BCUT2D eigenvalue weighted by molar-refractivity contribution is 5.79. The van der Waals surface area contributed by atoms with Gasteiger partial charge in [0, 0.05) is 18.9 Å². The Labute approximate surface area is 71.6 Å². The zero-order valence-corrected chi connectivity index (χ0v) is 7.32. The molecule has 66 valence electrons. The van der Waals surface area contributed by atoms with Gasteiger partial charge in [0.15, 0.2) is 0 Å². The lowest BCUT2D eigenvalue weighted by molar-refractivity contribution is -0.123. The molecule has 0 saturated carbocycles. The average molecular weight is 167 g/mol. The number of rotatable bonds is 3. The summed E-state index contributed by atoms with van der Waals surface area (Å²) in [5.74, 6) is 0.0236. The van der Waals surface area contributed by atoms with Crippen LogP contribution in [0.2, 0.25) is 0 Å². The number of carbonyl (C=O) groups is 1. The topological polar surface area (TPSA) is 46.9 Å². The van der Waals surface area contributed by atoms with E-state index in [1.165, 1.54) is 0 Å². The van der Waals surface area contributed by atoms with Crippen molar-refractivity contribution in [2.75, 3.05) is 6.54 Å². The number of likely N-dealkylation sites (N-methyl/N-ethyl adjacent to an activating group) is 1. The minimum absolute atomic E-state index is 0.0236. The van der Waals surface area contributed by atoms with Gasteiger partial charge in [0.2, 0.25) is 5.91 Å². The van der Waals surface area contributed by atoms with Crippen LogP contribution in [0.4, 0.5) is 0 Å². The van der Waals surface area contributed by atoms with Crippen LogP contribution in [0.1, 0.15) is 19.9 Å². The van der Waals surface area contributed by atoms with Crippen LogP contribution < -0.4 is 5.32 Å². The van der Waals surface area contributed by atoms with E-state index in [1.54, 1.807) is 23.3 Å². The highest BCUT2D eigenvalue weighted by Crippen LogP contribution is 2.03. The maximum absolute atomic E-state index is 11.3. The van der Waals surface area contributed by atoms with Gasteiger partial charge in [0.25, 0.3) is 0 Å². The summed E-state index contributed by atoms with van der Waals surface area (Å²) in [6, 6.07) is -0.174. The van der Waals surface area contributed by atoms with Gasteiger partial charge in [-0.1, -0.05) is 0 Å². The Morgan fingerprint density at radius 3 is 3.00 bits per heavy atom. The normalized spacial score (nSPS) is 12.5. The third-order valence-electron chi connectivity index (χ3n) is 1.70. The molecule has 0 radical (unpaired) electrons. The highest BCUT2D eigenvalue weighted by atomic mass is 16.2. The van der Waals surface area contributed by atoms with E-state index >= 15 is 0 Å². The number of aromatic nitrogens is 2. The molecular weight excluding hydrogens is 154 g/mol. The first-order valence-electron chi connectivity index (χ1n) is 4.01. The SMILES string of the molecule is CCNC(=O)C(C)n1ccnc1. The summed E-state index contributed by atoms with van der Waals surface area (Å²) < 4.78 is 1.77. The molecular formula is C8H13N3O. The van der Waals surface area contributed by atoms with Crippen molar-refractivity contribution < 1.29 is 4.79 Å². The van der Waals surface area contributed by atoms with Crippen molar-refractivity contribution in [1.29, 1.82) is 0 Å². The molecule has 1 N–H and O–H groups in total. The lowest BCUT2D eigenvalue weighted by Gasteiger charge is -2.11. The molecule has 0 spiro atoms. The van der Waals surface area contributed by atoms with Gasteiger partial charge in [-0.05, 0) is 13.8 Å². The largest absolute Gasteiger partial charge is 0.355 e. The van der Waals surface area contributed by atoms with E-state index in [2.05, 4.69) is 10.3 Å². The third-order valence-corrected chi connectivity index (χ3v) is 1.70. The highest BCUT2D eigenvalue weighted by Gasteiger charge is 2.11. The van der Waals surface area contributed by atoms with E-state index in [9.17, 15) is 4.79 Å². The lowest BCUT2D eigenvalue weighted by atomic mass is 10.3. The van der Waals surface area contributed by atoms with Crippen LogP contribution in [0.3, 0.4) is 0 Å². The minimum Gasteiger partial charge on any atom is -0.355 e. The summed E-state index contributed by atoms with van der Waals surface area (Å²) in [7, 11) is 0. The molecule has 0 saturated heterocycles. The first-order chi connectivity index (χ1) is 5.75. The zero-order chi connectivity index (χ0) is 8.97. The molecule has 1 unspecified atom stereocenters. The van der Waals surface area contributed by atoms with Gasteiger partial charge >= 0.3 is 0 Å². The molecule has 0 fully saturated rings. The number of hydrogen-bond donors (Lipinski definition) is 1. The number of imidazole rings is 1. The third kappa shape index (κ3) is 1.84. The molecule has 1 amide bonds. The van der Waals surface area contributed by atoms with Crippen LogP contribution in [0, 0.1) is 0 Å². The molecule has 1 heterocycles. The molecule has 1 aromatic heterocycles. The van der Waals surface area contributed by atoms with Crippen LogP contribution in [-0.4, -0.2) is 22.0 Å². The Balaban J connectivity index is 2.59. The smallest absolute Gasteiger partial charge is 0.242 e. The van der Waals surface area contributed by atoms with Gasteiger partial charge in [-0.3, -0.25) is 4.79 Å². The van der Waals surface area contributed by atoms with Crippen LogP contribution in [-0.2, 0) is 4.79 Å². The average Bonchev–Trinajstić information content (AvgIpc) is 2.55. The molecule has 0 aliphatic rings. The fourth-order valence-corrected chi connectivity index (χ4v) is 0.956. The number of nitrogens with zero attached hydrogens (tertiary/aromatic N) is 2. The molecule has 0 aromatic carbocycles. The lowest BCUT2D eigenvalue weighted by Crippen LogP contribution is -2.30. The van der Waals surface area contributed by atoms with Crippen molar-refractivity contribution in [2.45, 2.75) is 19.9 Å². The number of hydrogen-bond acceptors (Lipinski definition) is 2. The van der Waals surface area contributed by atoms with E-state index in [1.807, 2.05) is 13.8 Å². The van der Waals surface area contributed by atoms with E-state index in [0.717, 1.165) is 0 Å². The molecule has 4 nitrogen and oxygen atoms in total. The fourth-order valence-electron chi connectivity index (χ4n) is 0.956. The molecule has 0 bridgehead atoms. The number of amides is 1. The van der Waals surface area contributed by atoms with E-state index < -0.39 is 0 Å². The predicted molar refractivity (Wildman–Crippen MR) is 45.6 cm³/mol.